The number of aliphatic hydroxyl groups is 1. The van der Waals surface area contributed by atoms with Gasteiger partial charge in [-0.15, -0.1) is 11.8 Å². The van der Waals surface area contributed by atoms with Gasteiger partial charge in [-0.3, -0.25) is 4.79 Å². The third-order valence-electron chi connectivity index (χ3n) is 2.68. The molecule has 7 heteroatoms. The molecule has 5 nitrogen and oxygen atoms in total. The molecule has 1 amide bonds. The summed E-state index contributed by atoms with van der Waals surface area (Å²) in [6.45, 7) is 4.72. The molecule has 20 heavy (non-hydrogen) atoms. The molecule has 1 heterocycles. The summed E-state index contributed by atoms with van der Waals surface area (Å²) in [5.41, 5.74) is 1.98. The second-order valence-electron chi connectivity index (χ2n) is 4.34. The van der Waals surface area contributed by atoms with Crippen LogP contribution in [-0.2, 0) is 10.5 Å². The van der Waals surface area contributed by atoms with Crippen molar-refractivity contribution in [3.05, 3.63) is 17.0 Å². The highest BCUT2D eigenvalue weighted by Crippen LogP contribution is 2.19. The summed E-state index contributed by atoms with van der Waals surface area (Å²) >= 11 is 3.31. The third-order valence-corrected chi connectivity index (χ3v) is 4.71. The van der Waals surface area contributed by atoms with Gasteiger partial charge in [0, 0.05) is 30.2 Å². The molecule has 0 aromatic carbocycles. The van der Waals surface area contributed by atoms with E-state index in [-0.39, 0.29) is 12.5 Å². The lowest BCUT2D eigenvalue weighted by Crippen LogP contribution is -2.27. The van der Waals surface area contributed by atoms with Crippen LogP contribution >= 0.6 is 23.5 Å². The minimum Gasteiger partial charge on any atom is -0.396 e. The second-order valence-corrected chi connectivity index (χ2v) is 6.55. The Bertz CT molecular complexity index is 391. The number of amides is 1. The Morgan fingerprint density at radius 2 is 2.15 bits per heavy atom. The minimum absolute atomic E-state index is 0.0597. The molecule has 0 atom stereocenters. The number of hydrogen-bond acceptors (Lipinski definition) is 6. The van der Waals surface area contributed by atoms with Crippen LogP contribution in [0.5, 0.6) is 0 Å². The van der Waals surface area contributed by atoms with Crippen molar-refractivity contribution in [2.75, 3.05) is 30.4 Å². The molecule has 0 fully saturated rings. The number of thioether (sulfide) groups is 2. The molecular formula is C13H22N2O3S2. The van der Waals surface area contributed by atoms with Gasteiger partial charge in [0.25, 0.3) is 0 Å². The fraction of sp³-hybridized carbons (Fsp3) is 0.692. The summed E-state index contributed by atoms with van der Waals surface area (Å²) in [7, 11) is 0. The van der Waals surface area contributed by atoms with Crippen molar-refractivity contribution >= 4 is 29.4 Å². The number of aromatic nitrogens is 1. The molecule has 0 saturated heterocycles. The Morgan fingerprint density at radius 1 is 1.35 bits per heavy atom. The number of carbonyl (C=O) groups excluding carboxylic acids is 1. The number of aliphatic hydroxyl groups excluding tert-OH is 1. The summed E-state index contributed by atoms with van der Waals surface area (Å²) in [6.07, 6.45) is 0.811. The van der Waals surface area contributed by atoms with Crippen LogP contribution in [0.25, 0.3) is 0 Å². The summed E-state index contributed by atoms with van der Waals surface area (Å²) in [5, 5.41) is 15.4. The number of aryl methyl sites for hydroxylation is 2. The Kier molecular flexibility index (Phi) is 8.80. The molecule has 0 aliphatic rings. The average molecular weight is 318 g/mol. The van der Waals surface area contributed by atoms with Crippen molar-refractivity contribution in [3.8, 4) is 0 Å². The first-order valence-electron chi connectivity index (χ1n) is 6.60. The van der Waals surface area contributed by atoms with E-state index in [9.17, 15) is 4.79 Å². The molecule has 0 radical (unpaired) electrons. The van der Waals surface area contributed by atoms with Crippen molar-refractivity contribution in [2.45, 2.75) is 26.0 Å². The monoisotopic (exact) mass is 318 g/mol. The van der Waals surface area contributed by atoms with Crippen molar-refractivity contribution in [1.82, 2.24) is 10.5 Å². The van der Waals surface area contributed by atoms with Crippen molar-refractivity contribution in [3.63, 3.8) is 0 Å². The van der Waals surface area contributed by atoms with Gasteiger partial charge >= 0.3 is 0 Å². The second kappa shape index (κ2) is 10.1. The summed E-state index contributed by atoms with van der Waals surface area (Å²) in [4.78, 5) is 11.6. The normalized spacial score (nSPS) is 10.8. The molecule has 0 bridgehead atoms. The molecular weight excluding hydrogens is 296 g/mol. The number of hydrogen-bond donors (Lipinski definition) is 2. The molecule has 1 aromatic rings. The van der Waals surface area contributed by atoms with Crippen LogP contribution in [-0.4, -0.2) is 46.6 Å². The Balaban J connectivity index is 2.06. The molecule has 114 valence electrons. The van der Waals surface area contributed by atoms with Gasteiger partial charge in [0.05, 0.1) is 11.4 Å². The highest BCUT2D eigenvalue weighted by Gasteiger charge is 2.09. The van der Waals surface area contributed by atoms with Crippen LogP contribution in [0.2, 0.25) is 0 Å². The predicted octanol–water partition coefficient (Wildman–Crippen LogP) is 1.76. The number of nitrogens with one attached hydrogen (secondary N) is 1. The molecule has 1 rings (SSSR count). The lowest BCUT2D eigenvalue weighted by Gasteiger charge is -2.05. The van der Waals surface area contributed by atoms with Gasteiger partial charge in [-0.1, -0.05) is 5.16 Å². The average Bonchev–Trinajstić information content (AvgIpc) is 2.74. The summed E-state index contributed by atoms with van der Waals surface area (Å²) < 4.78 is 5.08. The lowest BCUT2D eigenvalue weighted by atomic mass is 10.2. The van der Waals surface area contributed by atoms with Crippen LogP contribution in [0.15, 0.2) is 4.52 Å². The maximum Gasteiger partial charge on any atom is 0.230 e. The zero-order chi connectivity index (χ0) is 14.8. The number of nitrogens with zero attached hydrogens (tertiary/aromatic N) is 1. The summed E-state index contributed by atoms with van der Waals surface area (Å²) in [6, 6.07) is 0. The molecule has 0 unspecified atom stereocenters. The molecule has 0 saturated carbocycles. The van der Waals surface area contributed by atoms with E-state index in [1.165, 1.54) is 0 Å². The Hall–Kier alpha value is -0.660. The van der Waals surface area contributed by atoms with Gasteiger partial charge in [-0.2, -0.15) is 11.8 Å². The number of rotatable bonds is 10. The minimum atomic E-state index is 0.0597. The fourth-order valence-corrected chi connectivity index (χ4v) is 3.33. The van der Waals surface area contributed by atoms with Crippen LogP contribution < -0.4 is 5.32 Å². The van der Waals surface area contributed by atoms with E-state index in [0.29, 0.717) is 12.3 Å². The molecule has 2 N–H and O–H groups in total. The van der Waals surface area contributed by atoms with E-state index in [0.717, 1.165) is 40.7 Å². The van der Waals surface area contributed by atoms with Crippen LogP contribution in [0.3, 0.4) is 0 Å². The van der Waals surface area contributed by atoms with Gasteiger partial charge in [0.1, 0.15) is 5.76 Å². The van der Waals surface area contributed by atoms with Gasteiger partial charge in [-0.05, 0) is 26.0 Å². The maximum atomic E-state index is 11.6. The van der Waals surface area contributed by atoms with Crippen LogP contribution in [0, 0.1) is 13.8 Å². The maximum absolute atomic E-state index is 11.6. The van der Waals surface area contributed by atoms with Crippen LogP contribution in [0.4, 0.5) is 0 Å². The van der Waals surface area contributed by atoms with E-state index < -0.39 is 0 Å². The zero-order valence-electron chi connectivity index (χ0n) is 12.0. The summed E-state index contributed by atoms with van der Waals surface area (Å²) in [5.74, 6) is 3.92. The lowest BCUT2D eigenvalue weighted by molar-refractivity contribution is -0.118. The highest BCUT2D eigenvalue weighted by atomic mass is 32.2. The molecule has 0 spiro atoms. The predicted molar refractivity (Wildman–Crippen MR) is 84.2 cm³/mol. The quantitative estimate of drug-likeness (QED) is 0.640. The first-order chi connectivity index (χ1) is 9.65. The molecule has 0 aliphatic carbocycles. The first-order valence-corrected chi connectivity index (χ1v) is 8.91. The van der Waals surface area contributed by atoms with Crippen molar-refractivity contribution < 1.29 is 14.4 Å². The van der Waals surface area contributed by atoms with Crippen molar-refractivity contribution in [2.24, 2.45) is 0 Å². The largest absolute Gasteiger partial charge is 0.396 e. The number of carbonyl (C=O) groups is 1. The van der Waals surface area contributed by atoms with E-state index in [4.69, 9.17) is 9.63 Å². The third kappa shape index (κ3) is 6.67. The van der Waals surface area contributed by atoms with Gasteiger partial charge in [0.15, 0.2) is 0 Å². The smallest absolute Gasteiger partial charge is 0.230 e. The SMILES string of the molecule is Cc1noc(C)c1CSCC(=O)NCCSCCCO. The van der Waals surface area contributed by atoms with E-state index in [1.54, 1.807) is 23.5 Å². The highest BCUT2D eigenvalue weighted by molar-refractivity contribution is 7.99. The van der Waals surface area contributed by atoms with Crippen LogP contribution in [0.1, 0.15) is 23.4 Å². The van der Waals surface area contributed by atoms with E-state index in [2.05, 4.69) is 10.5 Å². The molecule has 1 aromatic heterocycles. The Morgan fingerprint density at radius 3 is 2.80 bits per heavy atom. The van der Waals surface area contributed by atoms with E-state index in [1.807, 2.05) is 13.8 Å². The van der Waals surface area contributed by atoms with Crippen molar-refractivity contribution in [1.29, 1.82) is 0 Å². The standard InChI is InChI=1S/C13H22N2O3S2/c1-10-12(11(2)18-15-10)8-20-9-13(17)14-4-7-19-6-3-5-16/h16H,3-9H2,1-2H3,(H,14,17). The van der Waals surface area contributed by atoms with Gasteiger partial charge in [-0.25, -0.2) is 0 Å². The fourth-order valence-electron chi connectivity index (χ4n) is 1.54. The topological polar surface area (TPSA) is 75.4 Å². The van der Waals surface area contributed by atoms with E-state index >= 15 is 0 Å². The molecule has 0 aliphatic heterocycles. The van der Waals surface area contributed by atoms with Gasteiger partial charge < -0.3 is 14.9 Å². The Labute approximate surface area is 128 Å². The zero-order valence-corrected chi connectivity index (χ0v) is 13.6. The first kappa shape index (κ1) is 17.4. The van der Waals surface area contributed by atoms with Gasteiger partial charge in [0.2, 0.25) is 5.91 Å².